The zero-order valence-corrected chi connectivity index (χ0v) is 16.2. The third-order valence-electron chi connectivity index (χ3n) is 4.38. The van der Waals surface area contributed by atoms with E-state index in [0.717, 1.165) is 5.56 Å². The molecule has 0 spiro atoms. The summed E-state index contributed by atoms with van der Waals surface area (Å²) in [6, 6.07) is 15.9. The molecule has 2 aromatic carbocycles. The molecule has 2 amide bonds. The van der Waals surface area contributed by atoms with Crippen molar-refractivity contribution >= 4 is 28.3 Å². The van der Waals surface area contributed by atoms with Gasteiger partial charge >= 0.3 is 0 Å². The first-order valence-electron chi connectivity index (χ1n) is 9.12. The molecule has 3 aromatic rings. The Morgan fingerprint density at radius 1 is 1.10 bits per heavy atom. The predicted octanol–water partition coefficient (Wildman–Crippen LogP) is 2.65. The average Bonchev–Trinajstić information content (AvgIpc) is 3.26. The molecular weight excluding hydrogens is 390 g/mol. The van der Waals surface area contributed by atoms with Crippen molar-refractivity contribution in [3.8, 4) is 11.5 Å². The van der Waals surface area contributed by atoms with Gasteiger partial charge in [-0.05, 0) is 17.7 Å². The van der Waals surface area contributed by atoms with E-state index in [0.29, 0.717) is 23.1 Å². The number of benzene rings is 2. The molecule has 0 aliphatic carbocycles. The number of ether oxygens (including phenoxy) is 2. The first kappa shape index (κ1) is 18.9. The molecular formula is C21H19N3O4S. The Morgan fingerprint density at radius 3 is 2.62 bits per heavy atom. The monoisotopic (exact) mass is 409 g/mol. The van der Waals surface area contributed by atoms with Gasteiger partial charge in [-0.25, -0.2) is 4.98 Å². The van der Waals surface area contributed by atoms with Gasteiger partial charge in [0.05, 0.1) is 0 Å². The molecule has 0 saturated heterocycles. The molecule has 7 nitrogen and oxygen atoms in total. The second-order valence-corrected chi connectivity index (χ2v) is 7.34. The van der Waals surface area contributed by atoms with Crippen LogP contribution >= 0.6 is 11.3 Å². The van der Waals surface area contributed by atoms with Crippen LogP contribution in [0.3, 0.4) is 0 Å². The summed E-state index contributed by atoms with van der Waals surface area (Å²) >= 11 is 1.31. The van der Waals surface area contributed by atoms with Crippen molar-refractivity contribution in [3.05, 3.63) is 71.7 Å². The highest BCUT2D eigenvalue weighted by Crippen LogP contribution is 2.30. The maximum Gasteiger partial charge on any atom is 0.265 e. The predicted molar refractivity (Wildman–Crippen MR) is 109 cm³/mol. The molecule has 1 aliphatic heterocycles. The van der Waals surface area contributed by atoms with Crippen molar-refractivity contribution in [2.75, 3.05) is 11.9 Å². The number of fused-ring (bicyclic) bond motifs is 1. The minimum Gasteiger partial charge on any atom is -0.485 e. The molecule has 29 heavy (non-hydrogen) atoms. The number of thiazole rings is 1. The van der Waals surface area contributed by atoms with E-state index in [1.165, 1.54) is 11.3 Å². The Hall–Kier alpha value is -3.39. The molecule has 4 rings (SSSR count). The van der Waals surface area contributed by atoms with Gasteiger partial charge in [0.25, 0.3) is 5.91 Å². The number of aromatic nitrogens is 1. The molecule has 2 heterocycles. The Balaban J connectivity index is 1.47. The van der Waals surface area contributed by atoms with Crippen LogP contribution in [-0.2, 0) is 16.0 Å². The molecule has 148 valence electrons. The van der Waals surface area contributed by atoms with Crippen molar-refractivity contribution < 1.29 is 19.1 Å². The highest BCUT2D eigenvalue weighted by atomic mass is 32.1. The van der Waals surface area contributed by atoms with Gasteiger partial charge in [0.1, 0.15) is 12.6 Å². The van der Waals surface area contributed by atoms with Crippen molar-refractivity contribution in [2.24, 2.45) is 0 Å². The molecule has 0 saturated carbocycles. The van der Waals surface area contributed by atoms with Crippen molar-refractivity contribution in [3.63, 3.8) is 0 Å². The number of hydrogen-bond donors (Lipinski definition) is 2. The summed E-state index contributed by atoms with van der Waals surface area (Å²) < 4.78 is 11.4. The van der Waals surface area contributed by atoms with Crippen LogP contribution in [0.1, 0.15) is 5.56 Å². The van der Waals surface area contributed by atoms with Crippen LogP contribution < -0.4 is 20.1 Å². The number of rotatable bonds is 6. The van der Waals surface area contributed by atoms with Gasteiger partial charge in [0.15, 0.2) is 16.6 Å². The van der Waals surface area contributed by atoms with E-state index in [4.69, 9.17) is 9.47 Å². The molecule has 1 aliphatic rings. The smallest absolute Gasteiger partial charge is 0.265 e. The van der Waals surface area contributed by atoms with E-state index in [9.17, 15) is 9.59 Å². The van der Waals surface area contributed by atoms with Crippen LogP contribution in [0, 0.1) is 0 Å². The first-order chi connectivity index (χ1) is 14.2. The second-order valence-electron chi connectivity index (χ2n) is 6.44. The number of carbonyl (C=O) groups excluding carboxylic acids is 2. The molecule has 0 bridgehead atoms. The lowest BCUT2D eigenvalue weighted by atomic mass is 10.0. The number of para-hydroxylation sites is 2. The van der Waals surface area contributed by atoms with Gasteiger partial charge in [-0.1, -0.05) is 42.5 Å². The molecule has 0 radical (unpaired) electrons. The van der Waals surface area contributed by atoms with Gasteiger partial charge < -0.3 is 20.1 Å². The van der Waals surface area contributed by atoms with Crippen LogP contribution in [0.5, 0.6) is 11.5 Å². The summed E-state index contributed by atoms with van der Waals surface area (Å²) in [7, 11) is 0. The molecule has 2 atom stereocenters. The van der Waals surface area contributed by atoms with E-state index >= 15 is 0 Å². The van der Waals surface area contributed by atoms with Gasteiger partial charge in [0.2, 0.25) is 12.0 Å². The Labute approximate surface area is 171 Å². The van der Waals surface area contributed by atoms with Gasteiger partial charge in [-0.3, -0.25) is 9.59 Å². The van der Waals surface area contributed by atoms with E-state index in [1.807, 2.05) is 42.5 Å². The highest BCUT2D eigenvalue weighted by molar-refractivity contribution is 7.13. The number of carbonyl (C=O) groups is 2. The van der Waals surface area contributed by atoms with Gasteiger partial charge in [0, 0.05) is 18.0 Å². The summed E-state index contributed by atoms with van der Waals surface area (Å²) in [5.41, 5.74) is 0.929. The summed E-state index contributed by atoms with van der Waals surface area (Å²) in [5, 5.41) is 7.80. The normalized spacial score (nSPS) is 15.9. The molecule has 0 fully saturated rings. The SMILES string of the molecule is O=C(Nc1nccs1)C(Cc1ccccc1)NC(=O)C1COc2ccccc2O1. The van der Waals surface area contributed by atoms with Crippen molar-refractivity contribution in [2.45, 2.75) is 18.6 Å². The molecule has 1 aromatic heterocycles. The zero-order chi connectivity index (χ0) is 20.1. The van der Waals surface area contributed by atoms with Crippen molar-refractivity contribution in [1.29, 1.82) is 0 Å². The largest absolute Gasteiger partial charge is 0.485 e. The maximum atomic E-state index is 12.8. The van der Waals surface area contributed by atoms with E-state index in [-0.39, 0.29) is 12.5 Å². The second kappa shape index (κ2) is 8.74. The van der Waals surface area contributed by atoms with Crippen LogP contribution in [0.15, 0.2) is 66.2 Å². The molecule has 2 N–H and O–H groups in total. The summed E-state index contributed by atoms with van der Waals surface area (Å²) in [6.07, 6.45) is 1.11. The first-order valence-corrected chi connectivity index (χ1v) is 10.00. The number of hydrogen-bond acceptors (Lipinski definition) is 6. The Morgan fingerprint density at radius 2 is 1.86 bits per heavy atom. The fraction of sp³-hybridized carbons (Fsp3) is 0.190. The minimum absolute atomic E-state index is 0.0784. The fourth-order valence-corrected chi connectivity index (χ4v) is 3.48. The van der Waals surface area contributed by atoms with Crippen LogP contribution in [-0.4, -0.2) is 35.6 Å². The standard InChI is InChI=1S/C21H19N3O4S/c25-19(24-21-22-10-11-29-21)15(12-14-6-2-1-3-7-14)23-20(26)18-13-27-16-8-4-5-9-17(16)28-18/h1-11,15,18H,12-13H2,(H,23,26)(H,22,24,25). The number of amides is 2. The van der Waals surface area contributed by atoms with Gasteiger partial charge in [-0.15, -0.1) is 11.3 Å². The third-order valence-corrected chi connectivity index (χ3v) is 5.07. The highest BCUT2D eigenvalue weighted by Gasteiger charge is 2.31. The Bertz CT molecular complexity index is 979. The lowest BCUT2D eigenvalue weighted by molar-refractivity contribution is -0.133. The number of nitrogens with one attached hydrogen (secondary N) is 2. The van der Waals surface area contributed by atoms with Crippen molar-refractivity contribution in [1.82, 2.24) is 10.3 Å². The molecule has 2 unspecified atom stereocenters. The summed E-state index contributed by atoms with van der Waals surface area (Å²) in [5.74, 6) is 0.355. The Kier molecular flexibility index (Phi) is 5.71. The summed E-state index contributed by atoms with van der Waals surface area (Å²) in [4.78, 5) is 29.7. The van der Waals surface area contributed by atoms with Crippen LogP contribution in [0.4, 0.5) is 5.13 Å². The zero-order valence-electron chi connectivity index (χ0n) is 15.4. The number of nitrogens with zero attached hydrogens (tertiary/aromatic N) is 1. The summed E-state index contributed by atoms with van der Waals surface area (Å²) in [6.45, 7) is 0.0784. The lowest BCUT2D eigenvalue weighted by Crippen LogP contribution is -2.52. The third kappa shape index (κ3) is 4.72. The minimum atomic E-state index is -0.837. The maximum absolute atomic E-state index is 12.8. The molecule has 8 heteroatoms. The number of anilines is 1. The van der Waals surface area contributed by atoms with E-state index < -0.39 is 18.1 Å². The van der Waals surface area contributed by atoms with Gasteiger partial charge in [-0.2, -0.15) is 0 Å². The topological polar surface area (TPSA) is 89.6 Å². The lowest BCUT2D eigenvalue weighted by Gasteiger charge is -2.27. The fourth-order valence-electron chi connectivity index (χ4n) is 2.95. The van der Waals surface area contributed by atoms with Crippen LogP contribution in [0.25, 0.3) is 0 Å². The van der Waals surface area contributed by atoms with E-state index in [1.54, 1.807) is 23.7 Å². The van der Waals surface area contributed by atoms with Crippen LogP contribution in [0.2, 0.25) is 0 Å². The quantitative estimate of drug-likeness (QED) is 0.653. The average molecular weight is 409 g/mol. The van der Waals surface area contributed by atoms with E-state index in [2.05, 4.69) is 15.6 Å².